The molecule has 0 unspecified atom stereocenters. The van der Waals surface area contributed by atoms with Crippen LogP contribution >= 0.6 is 0 Å². The number of benzene rings is 3. The van der Waals surface area contributed by atoms with E-state index in [-0.39, 0.29) is 18.3 Å². The molecule has 0 fully saturated rings. The molecule has 0 aliphatic carbocycles. The number of fused-ring (bicyclic) bond motifs is 1. The molecule has 2 amide bonds. The molecule has 130 valence electrons. The van der Waals surface area contributed by atoms with Gasteiger partial charge in [0.05, 0.1) is 12.8 Å². The summed E-state index contributed by atoms with van der Waals surface area (Å²) < 4.78 is 12.8. The van der Waals surface area contributed by atoms with Gasteiger partial charge in [-0.15, -0.1) is 0 Å². The van der Waals surface area contributed by atoms with Gasteiger partial charge in [-0.1, -0.05) is 48.5 Å². The Morgan fingerprint density at radius 3 is 2.50 bits per heavy atom. The first-order valence-electron chi connectivity index (χ1n) is 7.97. The Morgan fingerprint density at radius 1 is 0.962 bits per heavy atom. The lowest BCUT2D eigenvalue weighted by molar-refractivity contribution is -0.120. The van der Waals surface area contributed by atoms with Gasteiger partial charge in [0.2, 0.25) is 0 Å². The SMILES string of the molecule is O=C(CNC(=O)c1cccc2ccccc12)N/N=C/c1ccc(F)cc1. The van der Waals surface area contributed by atoms with Crippen LogP contribution in [0.15, 0.2) is 71.8 Å². The highest BCUT2D eigenvalue weighted by molar-refractivity contribution is 6.07. The summed E-state index contributed by atoms with van der Waals surface area (Å²) in [6, 6.07) is 18.6. The second kappa shape index (κ2) is 8.02. The van der Waals surface area contributed by atoms with Crippen LogP contribution in [0.3, 0.4) is 0 Å². The number of hydrogen-bond acceptors (Lipinski definition) is 3. The van der Waals surface area contributed by atoms with E-state index >= 15 is 0 Å². The maximum absolute atomic E-state index is 12.8. The summed E-state index contributed by atoms with van der Waals surface area (Å²) in [7, 11) is 0. The van der Waals surface area contributed by atoms with Gasteiger partial charge in [-0.25, -0.2) is 9.82 Å². The van der Waals surface area contributed by atoms with Crippen molar-refractivity contribution in [2.75, 3.05) is 6.54 Å². The number of amides is 2. The Morgan fingerprint density at radius 2 is 1.69 bits per heavy atom. The first kappa shape index (κ1) is 17.3. The molecule has 0 heterocycles. The van der Waals surface area contributed by atoms with Crippen LogP contribution in [0.25, 0.3) is 10.8 Å². The minimum atomic E-state index is -0.461. The fraction of sp³-hybridized carbons (Fsp3) is 0.0500. The zero-order valence-corrected chi connectivity index (χ0v) is 13.8. The predicted molar refractivity (Wildman–Crippen MR) is 98.4 cm³/mol. The molecular formula is C20H16FN3O2. The number of carbonyl (C=O) groups excluding carboxylic acids is 2. The van der Waals surface area contributed by atoms with E-state index in [2.05, 4.69) is 15.8 Å². The zero-order chi connectivity index (χ0) is 18.4. The third kappa shape index (κ3) is 4.30. The van der Waals surface area contributed by atoms with Gasteiger partial charge < -0.3 is 5.32 Å². The van der Waals surface area contributed by atoms with Crippen LogP contribution < -0.4 is 10.7 Å². The van der Waals surface area contributed by atoms with Gasteiger partial charge >= 0.3 is 0 Å². The molecule has 5 nitrogen and oxygen atoms in total. The van der Waals surface area contributed by atoms with E-state index < -0.39 is 5.91 Å². The number of nitrogens with one attached hydrogen (secondary N) is 2. The Hall–Kier alpha value is -3.54. The van der Waals surface area contributed by atoms with Gasteiger partial charge in [0, 0.05) is 5.56 Å². The molecule has 0 aliphatic rings. The largest absolute Gasteiger partial charge is 0.343 e. The van der Waals surface area contributed by atoms with Crippen LogP contribution in [0.2, 0.25) is 0 Å². The van der Waals surface area contributed by atoms with Crippen molar-refractivity contribution in [3.63, 3.8) is 0 Å². The van der Waals surface area contributed by atoms with Crippen molar-refractivity contribution < 1.29 is 14.0 Å². The molecule has 0 aromatic heterocycles. The minimum absolute atomic E-state index is 0.206. The molecule has 0 spiro atoms. The molecule has 0 atom stereocenters. The van der Waals surface area contributed by atoms with Crippen molar-refractivity contribution in [3.05, 3.63) is 83.7 Å². The van der Waals surface area contributed by atoms with Crippen LogP contribution in [-0.4, -0.2) is 24.6 Å². The number of carbonyl (C=O) groups is 2. The van der Waals surface area contributed by atoms with Crippen molar-refractivity contribution in [1.29, 1.82) is 0 Å². The molecule has 26 heavy (non-hydrogen) atoms. The van der Waals surface area contributed by atoms with Gasteiger partial charge in [-0.3, -0.25) is 9.59 Å². The monoisotopic (exact) mass is 349 g/mol. The van der Waals surface area contributed by atoms with Gasteiger partial charge in [-0.2, -0.15) is 5.10 Å². The van der Waals surface area contributed by atoms with Crippen molar-refractivity contribution in [2.45, 2.75) is 0 Å². The molecule has 0 bridgehead atoms. The third-order valence-electron chi connectivity index (χ3n) is 3.72. The minimum Gasteiger partial charge on any atom is -0.343 e. The highest BCUT2D eigenvalue weighted by atomic mass is 19.1. The molecule has 0 aliphatic heterocycles. The van der Waals surface area contributed by atoms with Crippen molar-refractivity contribution in [2.24, 2.45) is 5.10 Å². The lowest BCUT2D eigenvalue weighted by atomic mass is 10.0. The highest BCUT2D eigenvalue weighted by Crippen LogP contribution is 2.18. The summed E-state index contributed by atoms with van der Waals surface area (Å²) in [4.78, 5) is 24.1. The fourth-order valence-corrected chi connectivity index (χ4v) is 2.45. The number of rotatable bonds is 5. The summed E-state index contributed by atoms with van der Waals surface area (Å²) in [5, 5.41) is 8.12. The standard InChI is InChI=1S/C20H16FN3O2/c21-16-10-8-14(9-11-16)12-23-24-19(25)13-22-20(26)18-7-3-5-15-4-1-2-6-17(15)18/h1-12H,13H2,(H,22,26)(H,24,25)/b23-12+. The van der Waals surface area contributed by atoms with E-state index in [0.717, 1.165) is 10.8 Å². The molecule has 0 saturated heterocycles. The van der Waals surface area contributed by atoms with Crippen LogP contribution in [0.4, 0.5) is 4.39 Å². The van der Waals surface area contributed by atoms with E-state index in [1.165, 1.54) is 30.5 Å². The number of halogens is 1. The molecule has 3 rings (SSSR count). The van der Waals surface area contributed by atoms with Crippen molar-refractivity contribution in [3.8, 4) is 0 Å². The van der Waals surface area contributed by atoms with E-state index in [1.807, 2.05) is 30.3 Å². The van der Waals surface area contributed by atoms with Crippen LogP contribution in [0.1, 0.15) is 15.9 Å². The summed E-state index contributed by atoms with van der Waals surface area (Å²) in [6.45, 7) is -0.206. The molecule has 0 radical (unpaired) electrons. The lowest BCUT2D eigenvalue weighted by Gasteiger charge is -2.07. The predicted octanol–water partition coefficient (Wildman–Crippen LogP) is 2.86. The average Bonchev–Trinajstić information content (AvgIpc) is 2.67. The fourth-order valence-electron chi connectivity index (χ4n) is 2.45. The topological polar surface area (TPSA) is 70.6 Å². The van der Waals surface area contributed by atoms with E-state index in [1.54, 1.807) is 12.1 Å². The first-order valence-corrected chi connectivity index (χ1v) is 7.97. The van der Waals surface area contributed by atoms with Gasteiger partial charge in [0.15, 0.2) is 0 Å². The Labute approximate surface area is 149 Å². The Bertz CT molecular complexity index is 963. The maximum atomic E-state index is 12.8. The van der Waals surface area contributed by atoms with E-state index in [0.29, 0.717) is 11.1 Å². The number of nitrogens with zero attached hydrogens (tertiary/aromatic N) is 1. The van der Waals surface area contributed by atoms with Gasteiger partial charge in [0.25, 0.3) is 11.8 Å². The van der Waals surface area contributed by atoms with E-state index in [4.69, 9.17) is 0 Å². The average molecular weight is 349 g/mol. The molecule has 6 heteroatoms. The second-order valence-corrected chi connectivity index (χ2v) is 5.55. The molecule has 2 N–H and O–H groups in total. The highest BCUT2D eigenvalue weighted by Gasteiger charge is 2.10. The van der Waals surface area contributed by atoms with Crippen molar-refractivity contribution in [1.82, 2.24) is 10.7 Å². The quantitative estimate of drug-likeness (QED) is 0.549. The third-order valence-corrected chi connectivity index (χ3v) is 3.72. The van der Waals surface area contributed by atoms with Crippen LogP contribution in [-0.2, 0) is 4.79 Å². The molecule has 0 saturated carbocycles. The summed E-state index contributed by atoms with van der Waals surface area (Å²) in [5.41, 5.74) is 3.46. The van der Waals surface area contributed by atoms with Crippen LogP contribution in [0.5, 0.6) is 0 Å². The van der Waals surface area contributed by atoms with Crippen LogP contribution in [0, 0.1) is 5.82 Å². The Balaban J connectivity index is 1.55. The number of hydrogen-bond donors (Lipinski definition) is 2. The summed E-state index contributed by atoms with van der Waals surface area (Å²) in [6.07, 6.45) is 1.39. The second-order valence-electron chi connectivity index (χ2n) is 5.55. The Kier molecular flexibility index (Phi) is 5.34. The molecular weight excluding hydrogens is 333 g/mol. The van der Waals surface area contributed by atoms with Gasteiger partial charge in [0.1, 0.15) is 5.82 Å². The van der Waals surface area contributed by atoms with Gasteiger partial charge in [-0.05, 0) is 34.5 Å². The normalized spacial score (nSPS) is 10.8. The number of hydrazone groups is 1. The summed E-state index contributed by atoms with van der Waals surface area (Å²) in [5.74, 6) is -1.14. The first-order chi connectivity index (χ1) is 12.6. The summed E-state index contributed by atoms with van der Waals surface area (Å²) >= 11 is 0. The smallest absolute Gasteiger partial charge is 0.259 e. The molecule has 3 aromatic carbocycles. The molecule has 3 aromatic rings. The maximum Gasteiger partial charge on any atom is 0.259 e. The lowest BCUT2D eigenvalue weighted by Crippen LogP contribution is -2.35. The zero-order valence-electron chi connectivity index (χ0n) is 13.8. The van der Waals surface area contributed by atoms with E-state index in [9.17, 15) is 14.0 Å². The van der Waals surface area contributed by atoms with Crippen molar-refractivity contribution >= 4 is 28.8 Å².